The van der Waals surface area contributed by atoms with Crippen molar-refractivity contribution in [3.63, 3.8) is 0 Å². The van der Waals surface area contributed by atoms with Gasteiger partial charge in [-0.15, -0.1) is 0 Å². The van der Waals surface area contributed by atoms with Crippen molar-refractivity contribution >= 4 is 0 Å². The Balaban J connectivity index is 1.68. The van der Waals surface area contributed by atoms with Crippen LogP contribution in [0.3, 0.4) is 0 Å². The fourth-order valence-electron chi connectivity index (χ4n) is 2.91. The van der Waals surface area contributed by atoms with Crippen LogP contribution in [0, 0.1) is 0 Å². The monoisotopic (exact) mass is 182 g/mol. The highest BCUT2D eigenvalue weighted by atomic mass is 16.6. The Morgan fingerprint density at radius 2 is 1.77 bits per heavy atom. The van der Waals surface area contributed by atoms with Gasteiger partial charge in [-0.1, -0.05) is 19.3 Å². The second-order valence-electron chi connectivity index (χ2n) is 4.81. The van der Waals surface area contributed by atoms with Gasteiger partial charge in [0.2, 0.25) is 0 Å². The van der Waals surface area contributed by atoms with Gasteiger partial charge in [-0.25, -0.2) is 0 Å². The van der Waals surface area contributed by atoms with Crippen molar-refractivity contribution in [3.8, 4) is 0 Å². The average molecular weight is 182 g/mol. The molecular weight excluding hydrogens is 164 g/mol. The summed E-state index contributed by atoms with van der Waals surface area (Å²) in [7, 11) is 0. The van der Waals surface area contributed by atoms with Gasteiger partial charge >= 0.3 is 0 Å². The largest absolute Gasteiger partial charge is 0.372 e. The fourth-order valence-corrected chi connectivity index (χ4v) is 2.91. The molecule has 3 aliphatic rings. The zero-order valence-electron chi connectivity index (χ0n) is 8.13. The van der Waals surface area contributed by atoms with Gasteiger partial charge in [0.1, 0.15) is 6.10 Å². The molecule has 0 aromatic heterocycles. The lowest BCUT2D eigenvalue weighted by molar-refractivity contribution is -0.0797. The SMILES string of the molecule is C1CCC2(CC1)CCC1OC1CO2. The van der Waals surface area contributed by atoms with E-state index in [0.717, 1.165) is 6.61 Å². The predicted molar refractivity (Wildman–Crippen MR) is 49.7 cm³/mol. The summed E-state index contributed by atoms with van der Waals surface area (Å²) >= 11 is 0. The van der Waals surface area contributed by atoms with Crippen molar-refractivity contribution < 1.29 is 9.47 Å². The van der Waals surface area contributed by atoms with Gasteiger partial charge in [-0.3, -0.25) is 0 Å². The Hall–Kier alpha value is -0.0800. The first-order chi connectivity index (χ1) is 6.38. The molecule has 1 saturated carbocycles. The summed E-state index contributed by atoms with van der Waals surface area (Å²) in [5.74, 6) is 0. The molecule has 2 atom stereocenters. The Morgan fingerprint density at radius 1 is 0.923 bits per heavy atom. The zero-order chi connectivity index (χ0) is 8.73. The Morgan fingerprint density at radius 3 is 2.62 bits per heavy atom. The number of epoxide rings is 1. The lowest BCUT2D eigenvalue weighted by Crippen LogP contribution is -2.35. The van der Waals surface area contributed by atoms with Crippen molar-refractivity contribution in [3.05, 3.63) is 0 Å². The highest BCUT2D eigenvalue weighted by Crippen LogP contribution is 2.42. The third-order valence-corrected chi connectivity index (χ3v) is 3.89. The number of hydrogen-bond acceptors (Lipinski definition) is 2. The first-order valence-electron chi connectivity index (χ1n) is 5.67. The fraction of sp³-hybridized carbons (Fsp3) is 1.00. The van der Waals surface area contributed by atoms with Gasteiger partial charge in [0.25, 0.3) is 0 Å². The van der Waals surface area contributed by atoms with Crippen LogP contribution < -0.4 is 0 Å². The van der Waals surface area contributed by atoms with E-state index >= 15 is 0 Å². The third-order valence-electron chi connectivity index (χ3n) is 3.89. The maximum Gasteiger partial charge on any atom is 0.107 e. The normalized spacial score (nSPS) is 42.5. The summed E-state index contributed by atoms with van der Waals surface area (Å²) in [4.78, 5) is 0. The van der Waals surface area contributed by atoms with Crippen molar-refractivity contribution in [1.29, 1.82) is 0 Å². The average Bonchev–Trinajstić information content (AvgIpc) is 2.92. The summed E-state index contributed by atoms with van der Waals surface area (Å²) in [6, 6.07) is 0. The minimum atomic E-state index is 0.273. The molecule has 2 unspecified atom stereocenters. The first-order valence-corrected chi connectivity index (χ1v) is 5.67. The highest BCUT2D eigenvalue weighted by molar-refractivity contribution is 4.95. The molecule has 2 saturated heterocycles. The second-order valence-corrected chi connectivity index (χ2v) is 4.81. The van der Waals surface area contributed by atoms with Crippen molar-refractivity contribution in [2.24, 2.45) is 0 Å². The predicted octanol–water partition coefficient (Wildman–Crippen LogP) is 2.27. The van der Waals surface area contributed by atoms with E-state index in [1.807, 2.05) is 0 Å². The lowest BCUT2D eigenvalue weighted by atomic mass is 9.81. The maximum absolute atomic E-state index is 6.06. The number of hydrogen-bond donors (Lipinski definition) is 0. The molecule has 3 rings (SSSR count). The van der Waals surface area contributed by atoms with E-state index in [9.17, 15) is 0 Å². The molecule has 2 nitrogen and oxygen atoms in total. The van der Waals surface area contributed by atoms with Crippen LogP contribution >= 0.6 is 0 Å². The quantitative estimate of drug-likeness (QED) is 0.536. The van der Waals surface area contributed by atoms with E-state index < -0.39 is 0 Å². The zero-order valence-corrected chi connectivity index (χ0v) is 8.13. The minimum Gasteiger partial charge on any atom is -0.372 e. The van der Waals surface area contributed by atoms with Gasteiger partial charge in [0.15, 0.2) is 0 Å². The maximum atomic E-state index is 6.06. The van der Waals surface area contributed by atoms with Crippen molar-refractivity contribution in [1.82, 2.24) is 0 Å². The van der Waals surface area contributed by atoms with Gasteiger partial charge in [-0.05, 0) is 25.7 Å². The van der Waals surface area contributed by atoms with Crippen LogP contribution in [0.1, 0.15) is 44.9 Å². The van der Waals surface area contributed by atoms with Crippen LogP contribution in [-0.2, 0) is 9.47 Å². The standard InChI is InChI=1S/C11H18O2/c1-2-5-11(6-3-1)7-4-9-10(13-9)8-12-11/h9-10H,1-8H2. The molecule has 0 aromatic carbocycles. The Kier molecular flexibility index (Phi) is 1.88. The molecule has 13 heavy (non-hydrogen) atoms. The summed E-state index contributed by atoms with van der Waals surface area (Å²) in [6.45, 7) is 0.866. The van der Waals surface area contributed by atoms with Gasteiger partial charge in [0, 0.05) is 0 Å². The molecule has 0 aromatic rings. The first kappa shape index (κ1) is 8.25. The van der Waals surface area contributed by atoms with E-state index in [1.54, 1.807) is 0 Å². The summed E-state index contributed by atoms with van der Waals surface area (Å²) in [5.41, 5.74) is 0.273. The molecule has 0 radical (unpaired) electrons. The van der Waals surface area contributed by atoms with Gasteiger partial charge < -0.3 is 9.47 Å². The third kappa shape index (κ3) is 1.50. The van der Waals surface area contributed by atoms with Crippen molar-refractivity contribution in [2.45, 2.75) is 62.8 Å². The molecule has 2 heterocycles. The molecule has 74 valence electrons. The molecule has 1 aliphatic carbocycles. The number of ether oxygens (including phenoxy) is 2. The molecule has 0 bridgehead atoms. The minimum absolute atomic E-state index is 0.273. The van der Waals surface area contributed by atoms with Crippen LogP contribution in [0.15, 0.2) is 0 Å². The van der Waals surface area contributed by atoms with E-state index in [1.165, 1.54) is 44.9 Å². The Bertz CT molecular complexity index is 182. The summed E-state index contributed by atoms with van der Waals surface area (Å²) in [6.07, 6.45) is 10.3. The molecule has 2 aliphatic heterocycles. The van der Waals surface area contributed by atoms with E-state index in [2.05, 4.69) is 0 Å². The smallest absolute Gasteiger partial charge is 0.107 e. The highest BCUT2D eigenvalue weighted by Gasteiger charge is 2.46. The number of rotatable bonds is 0. The second kappa shape index (κ2) is 2.96. The van der Waals surface area contributed by atoms with Crippen LogP contribution in [0.2, 0.25) is 0 Å². The molecule has 3 fully saturated rings. The summed E-state index contributed by atoms with van der Waals surface area (Å²) < 4.78 is 11.5. The molecular formula is C11H18O2. The van der Waals surface area contributed by atoms with E-state index in [4.69, 9.17) is 9.47 Å². The molecule has 2 heteroatoms. The Labute approximate surface area is 79.6 Å². The van der Waals surface area contributed by atoms with Crippen LogP contribution in [0.4, 0.5) is 0 Å². The molecule has 0 amide bonds. The van der Waals surface area contributed by atoms with E-state index in [0.29, 0.717) is 12.2 Å². The molecule has 1 spiro atoms. The topological polar surface area (TPSA) is 21.8 Å². The van der Waals surface area contributed by atoms with Crippen molar-refractivity contribution in [2.75, 3.05) is 6.61 Å². The van der Waals surface area contributed by atoms with Crippen LogP contribution in [0.5, 0.6) is 0 Å². The summed E-state index contributed by atoms with van der Waals surface area (Å²) in [5, 5.41) is 0. The van der Waals surface area contributed by atoms with Gasteiger partial charge in [0.05, 0.1) is 18.3 Å². The molecule has 0 N–H and O–H groups in total. The van der Waals surface area contributed by atoms with E-state index in [-0.39, 0.29) is 5.60 Å². The number of fused-ring (bicyclic) bond motifs is 1. The van der Waals surface area contributed by atoms with Gasteiger partial charge in [-0.2, -0.15) is 0 Å². The van der Waals surface area contributed by atoms with Crippen LogP contribution in [-0.4, -0.2) is 24.4 Å². The lowest BCUT2D eigenvalue weighted by Gasteiger charge is -2.36. The van der Waals surface area contributed by atoms with Crippen LogP contribution in [0.25, 0.3) is 0 Å².